The lowest BCUT2D eigenvalue weighted by atomic mass is 9.91. The number of hydrogen-bond acceptors (Lipinski definition) is 12. The first kappa shape index (κ1) is 22.6. The van der Waals surface area contributed by atoms with Gasteiger partial charge in [0.1, 0.15) is 0 Å². The first-order valence-corrected chi connectivity index (χ1v) is 8.76. The van der Waals surface area contributed by atoms with Gasteiger partial charge in [0.05, 0.1) is 5.56 Å². The summed E-state index contributed by atoms with van der Waals surface area (Å²) >= 11 is 0. The second-order valence-corrected chi connectivity index (χ2v) is 6.73. The third-order valence-electron chi connectivity index (χ3n) is 4.60. The van der Waals surface area contributed by atoms with Crippen molar-refractivity contribution in [3.05, 3.63) is 52.6 Å². The summed E-state index contributed by atoms with van der Waals surface area (Å²) in [6, 6.07) is 3.07. The Morgan fingerprint density at radius 2 is 0.848 bits per heavy atom. The fourth-order valence-corrected chi connectivity index (χ4v) is 2.92. The van der Waals surface area contributed by atoms with Gasteiger partial charge in [0, 0.05) is 16.7 Å². The van der Waals surface area contributed by atoms with E-state index in [0.717, 1.165) is 0 Å². The fraction of sp³-hybridized carbons (Fsp3) is 0. The zero-order valence-corrected chi connectivity index (χ0v) is 16.1. The van der Waals surface area contributed by atoms with E-state index in [1.807, 2.05) is 0 Å². The summed E-state index contributed by atoms with van der Waals surface area (Å²) in [5.74, 6) is -13.7. The number of carbonyl (C=O) groups is 3. The van der Waals surface area contributed by atoms with Gasteiger partial charge < -0.3 is 46.0 Å². The Labute approximate surface area is 182 Å². The fourth-order valence-electron chi connectivity index (χ4n) is 2.92. The Bertz CT molecular complexity index is 1310. The Balaban J connectivity index is 2.20. The number of Topliss-reactive ketones (excluding diaryl/α,β-unsaturated/α-hetero) is 2. The van der Waals surface area contributed by atoms with Crippen LogP contribution in [-0.2, 0) is 0 Å². The molecule has 12 nitrogen and oxygen atoms in total. The number of aromatic hydroxyl groups is 9. The summed E-state index contributed by atoms with van der Waals surface area (Å²) in [4.78, 5) is 38.4. The minimum Gasteiger partial charge on any atom is -0.504 e. The quantitative estimate of drug-likeness (QED) is 0.150. The first-order chi connectivity index (χ1) is 15.3. The van der Waals surface area contributed by atoms with Crippen LogP contribution in [0.15, 0.2) is 30.3 Å². The SMILES string of the molecule is O=C(C(=O)c1cc(O)c(O)c(O)c1C(=O)c1cc(O)c(O)c(O)c1)c1cc(O)c(O)c(O)c1. The van der Waals surface area contributed by atoms with Crippen molar-refractivity contribution in [3.8, 4) is 51.7 Å². The molecule has 0 amide bonds. The zero-order valence-electron chi connectivity index (χ0n) is 16.1. The number of ketones is 3. The van der Waals surface area contributed by atoms with Crippen LogP contribution in [0.25, 0.3) is 0 Å². The van der Waals surface area contributed by atoms with Gasteiger partial charge in [0.15, 0.2) is 51.8 Å². The number of hydrogen-bond donors (Lipinski definition) is 9. The van der Waals surface area contributed by atoms with E-state index in [1.165, 1.54) is 0 Å². The lowest BCUT2D eigenvalue weighted by Crippen LogP contribution is -2.19. The summed E-state index contributed by atoms with van der Waals surface area (Å²) in [7, 11) is 0. The molecule has 0 aliphatic rings. The zero-order chi connectivity index (χ0) is 24.8. The minimum atomic E-state index is -1.55. The van der Waals surface area contributed by atoms with Crippen LogP contribution in [0.4, 0.5) is 0 Å². The van der Waals surface area contributed by atoms with E-state index < -0.39 is 91.3 Å². The van der Waals surface area contributed by atoms with Crippen molar-refractivity contribution in [2.24, 2.45) is 0 Å². The van der Waals surface area contributed by atoms with E-state index >= 15 is 0 Å². The molecule has 9 N–H and O–H groups in total. The van der Waals surface area contributed by atoms with Gasteiger partial charge in [-0.25, -0.2) is 0 Å². The summed E-state index contributed by atoms with van der Waals surface area (Å²) in [5.41, 5.74) is -3.18. The number of phenolic OH excluding ortho intramolecular Hbond substituents is 9. The lowest BCUT2D eigenvalue weighted by Gasteiger charge is -2.13. The van der Waals surface area contributed by atoms with Gasteiger partial charge in [-0.15, -0.1) is 0 Å². The van der Waals surface area contributed by atoms with Gasteiger partial charge in [-0.2, -0.15) is 0 Å². The molecule has 3 aromatic carbocycles. The van der Waals surface area contributed by atoms with Crippen molar-refractivity contribution in [2.75, 3.05) is 0 Å². The van der Waals surface area contributed by atoms with Crippen molar-refractivity contribution in [1.82, 2.24) is 0 Å². The van der Waals surface area contributed by atoms with Gasteiger partial charge in [0.25, 0.3) is 0 Å². The third-order valence-corrected chi connectivity index (χ3v) is 4.60. The molecule has 0 unspecified atom stereocenters. The molecule has 0 spiro atoms. The molecule has 33 heavy (non-hydrogen) atoms. The van der Waals surface area contributed by atoms with Crippen LogP contribution in [0, 0.1) is 0 Å². The van der Waals surface area contributed by atoms with Crippen LogP contribution in [0.5, 0.6) is 51.7 Å². The van der Waals surface area contributed by atoms with E-state index in [2.05, 4.69) is 0 Å². The Kier molecular flexibility index (Phi) is 5.36. The van der Waals surface area contributed by atoms with Gasteiger partial charge >= 0.3 is 0 Å². The molecule has 0 radical (unpaired) electrons. The maximum absolute atomic E-state index is 13.0. The first-order valence-electron chi connectivity index (χ1n) is 8.76. The normalized spacial score (nSPS) is 10.7. The predicted octanol–water partition coefficient (Wildman–Crippen LogP) is 1.33. The predicted molar refractivity (Wildman–Crippen MR) is 106 cm³/mol. The lowest BCUT2D eigenvalue weighted by molar-refractivity contribution is 0.0814. The highest BCUT2D eigenvalue weighted by molar-refractivity contribution is 6.50. The monoisotopic (exact) mass is 458 g/mol. The largest absolute Gasteiger partial charge is 0.504 e. The van der Waals surface area contributed by atoms with Crippen LogP contribution in [0.3, 0.4) is 0 Å². The summed E-state index contributed by atoms with van der Waals surface area (Å²) in [6.07, 6.45) is 0. The standard InChI is InChI=1S/C21H14O12/c22-9-1-6(2-10(23)18(9)30)15(27)14-8(5-13(26)20(32)21(14)33)17(29)16(28)7-3-11(24)19(31)12(25)4-7/h1-5,22-26,30-33H. The van der Waals surface area contributed by atoms with Crippen molar-refractivity contribution in [2.45, 2.75) is 0 Å². The molecule has 0 aliphatic heterocycles. The van der Waals surface area contributed by atoms with Crippen molar-refractivity contribution in [1.29, 1.82) is 0 Å². The smallest absolute Gasteiger partial charge is 0.234 e. The maximum atomic E-state index is 13.0. The maximum Gasteiger partial charge on any atom is 0.234 e. The highest BCUT2D eigenvalue weighted by atomic mass is 16.3. The van der Waals surface area contributed by atoms with E-state index in [-0.39, 0.29) is 0 Å². The number of benzene rings is 3. The van der Waals surface area contributed by atoms with Crippen molar-refractivity contribution >= 4 is 17.3 Å². The van der Waals surface area contributed by atoms with Crippen LogP contribution >= 0.6 is 0 Å². The summed E-state index contributed by atoms with van der Waals surface area (Å²) in [5, 5.41) is 87.1. The van der Waals surface area contributed by atoms with Crippen molar-refractivity contribution in [3.63, 3.8) is 0 Å². The molecule has 0 aliphatic carbocycles. The van der Waals surface area contributed by atoms with E-state index in [1.54, 1.807) is 0 Å². The molecule has 12 heteroatoms. The third kappa shape index (κ3) is 3.72. The average Bonchev–Trinajstić information content (AvgIpc) is 2.77. The topological polar surface area (TPSA) is 233 Å². The molecule has 0 fully saturated rings. The summed E-state index contributed by atoms with van der Waals surface area (Å²) < 4.78 is 0. The van der Waals surface area contributed by atoms with Crippen LogP contribution in [0.2, 0.25) is 0 Å². The number of phenols is 9. The van der Waals surface area contributed by atoms with E-state index in [0.29, 0.717) is 30.3 Å². The molecule has 3 aromatic rings. The van der Waals surface area contributed by atoms with Crippen LogP contribution < -0.4 is 0 Å². The van der Waals surface area contributed by atoms with E-state index in [4.69, 9.17) is 0 Å². The number of rotatable bonds is 5. The molecule has 0 atom stereocenters. The Hall–Kier alpha value is -5.13. The Morgan fingerprint density at radius 1 is 0.455 bits per heavy atom. The van der Waals surface area contributed by atoms with Gasteiger partial charge in [0.2, 0.25) is 17.3 Å². The molecule has 0 bridgehead atoms. The minimum absolute atomic E-state index is 0.489. The van der Waals surface area contributed by atoms with E-state index in [9.17, 15) is 60.3 Å². The highest BCUT2D eigenvalue weighted by Crippen LogP contribution is 2.43. The van der Waals surface area contributed by atoms with Gasteiger partial charge in [-0.05, 0) is 30.3 Å². The molecular weight excluding hydrogens is 444 g/mol. The van der Waals surface area contributed by atoms with Gasteiger partial charge in [-0.1, -0.05) is 0 Å². The van der Waals surface area contributed by atoms with Crippen molar-refractivity contribution < 1.29 is 60.3 Å². The molecule has 3 rings (SSSR count). The molecule has 0 saturated carbocycles. The van der Waals surface area contributed by atoms with Crippen LogP contribution in [0.1, 0.15) is 36.6 Å². The molecule has 170 valence electrons. The van der Waals surface area contributed by atoms with Crippen LogP contribution in [-0.4, -0.2) is 63.3 Å². The Morgan fingerprint density at radius 3 is 1.30 bits per heavy atom. The van der Waals surface area contributed by atoms with Gasteiger partial charge in [-0.3, -0.25) is 14.4 Å². The molecule has 0 aromatic heterocycles. The molecular formula is C21H14O12. The number of carbonyl (C=O) groups excluding carboxylic acids is 3. The summed E-state index contributed by atoms with van der Waals surface area (Å²) in [6.45, 7) is 0. The average molecular weight is 458 g/mol. The highest BCUT2D eigenvalue weighted by Gasteiger charge is 2.32. The molecule has 0 saturated heterocycles. The second-order valence-electron chi connectivity index (χ2n) is 6.73. The molecule has 0 heterocycles. The second kappa shape index (κ2) is 7.85.